The molecule has 0 radical (unpaired) electrons. The van der Waals surface area contributed by atoms with Gasteiger partial charge in [0.1, 0.15) is 11.6 Å². The van der Waals surface area contributed by atoms with Crippen LogP contribution in [0.15, 0.2) is 12.1 Å². The quantitative estimate of drug-likeness (QED) is 0.706. The minimum absolute atomic E-state index is 0.152. The Labute approximate surface area is 133 Å². The SMILES string of the molecule is Fc1cc2nc(CCl)n(CC(C3CC3)C3CC3)c2cc1Cl. The Morgan fingerprint density at radius 2 is 1.90 bits per heavy atom. The average molecular weight is 327 g/mol. The maximum absolute atomic E-state index is 13.6. The van der Waals surface area contributed by atoms with Crippen molar-refractivity contribution in [3.8, 4) is 0 Å². The zero-order valence-electron chi connectivity index (χ0n) is 11.7. The molecule has 5 heteroatoms. The lowest BCUT2D eigenvalue weighted by Gasteiger charge is -2.18. The van der Waals surface area contributed by atoms with Gasteiger partial charge in [-0.05, 0) is 49.5 Å². The molecule has 2 aromatic rings. The summed E-state index contributed by atoms with van der Waals surface area (Å²) in [5.41, 5.74) is 1.56. The molecule has 0 amide bonds. The summed E-state index contributed by atoms with van der Waals surface area (Å²) in [7, 11) is 0. The predicted octanol–water partition coefficient (Wildman–Crippen LogP) is 5.00. The molecule has 1 heterocycles. The van der Waals surface area contributed by atoms with Crippen LogP contribution in [-0.4, -0.2) is 9.55 Å². The summed E-state index contributed by atoms with van der Waals surface area (Å²) >= 11 is 12.0. The number of aromatic nitrogens is 2. The van der Waals surface area contributed by atoms with Gasteiger partial charge in [0.05, 0.1) is 21.9 Å². The number of alkyl halides is 1. The molecule has 1 aromatic heterocycles. The summed E-state index contributed by atoms with van der Waals surface area (Å²) in [6.45, 7) is 0.940. The molecule has 0 atom stereocenters. The standard InChI is InChI=1S/C16H17Cl2FN2/c17-7-16-20-14-6-13(19)12(18)5-15(14)21(16)8-11(9-1-2-9)10-3-4-10/h5-6,9-11H,1-4,7-8H2. The van der Waals surface area contributed by atoms with E-state index in [-0.39, 0.29) is 5.02 Å². The third-order valence-electron chi connectivity index (χ3n) is 4.84. The fraction of sp³-hybridized carbons (Fsp3) is 0.562. The number of rotatable bonds is 5. The number of benzene rings is 1. The van der Waals surface area contributed by atoms with E-state index in [1.807, 2.05) is 0 Å². The summed E-state index contributed by atoms with van der Waals surface area (Å²) in [5, 5.41) is 0.152. The lowest BCUT2D eigenvalue weighted by molar-refractivity contribution is 0.350. The molecule has 21 heavy (non-hydrogen) atoms. The van der Waals surface area contributed by atoms with E-state index in [4.69, 9.17) is 23.2 Å². The predicted molar refractivity (Wildman–Crippen MR) is 83.2 cm³/mol. The molecule has 112 valence electrons. The van der Waals surface area contributed by atoms with Crippen LogP contribution in [0.1, 0.15) is 31.5 Å². The first-order valence-corrected chi connectivity index (χ1v) is 8.48. The van der Waals surface area contributed by atoms with Crippen molar-refractivity contribution in [3.63, 3.8) is 0 Å². The monoisotopic (exact) mass is 326 g/mol. The van der Waals surface area contributed by atoms with Gasteiger partial charge in [0.25, 0.3) is 0 Å². The second-order valence-electron chi connectivity index (χ2n) is 6.37. The molecule has 0 aliphatic heterocycles. The van der Waals surface area contributed by atoms with Crippen molar-refractivity contribution in [2.75, 3.05) is 0 Å². The van der Waals surface area contributed by atoms with Crippen molar-refractivity contribution in [2.24, 2.45) is 17.8 Å². The van der Waals surface area contributed by atoms with Crippen LogP contribution in [-0.2, 0) is 12.4 Å². The van der Waals surface area contributed by atoms with E-state index < -0.39 is 5.82 Å². The molecule has 4 rings (SSSR count). The highest BCUT2D eigenvalue weighted by Gasteiger charge is 2.41. The van der Waals surface area contributed by atoms with Gasteiger partial charge in [0.2, 0.25) is 0 Å². The second-order valence-corrected chi connectivity index (χ2v) is 7.04. The lowest BCUT2D eigenvalue weighted by atomic mass is 9.98. The van der Waals surface area contributed by atoms with Gasteiger partial charge >= 0.3 is 0 Å². The number of halogens is 3. The van der Waals surface area contributed by atoms with Gasteiger partial charge in [0.15, 0.2) is 0 Å². The van der Waals surface area contributed by atoms with E-state index in [1.165, 1.54) is 31.7 Å². The Morgan fingerprint density at radius 1 is 1.24 bits per heavy atom. The minimum Gasteiger partial charge on any atom is -0.327 e. The Balaban J connectivity index is 1.76. The topological polar surface area (TPSA) is 17.8 Å². The highest BCUT2D eigenvalue weighted by atomic mass is 35.5. The summed E-state index contributed by atoms with van der Waals surface area (Å²) in [5.74, 6) is 3.17. The highest BCUT2D eigenvalue weighted by Crippen LogP contribution is 2.50. The van der Waals surface area contributed by atoms with Crippen molar-refractivity contribution >= 4 is 34.2 Å². The molecule has 0 N–H and O–H groups in total. The van der Waals surface area contributed by atoms with Crippen molar-refractivity contribution in [1.82, 2.24) is 9.55 Å². The first-order valence-electron chi connectivity index (χ1n) is 7.57. The highest BCUT2D eigenvalue weighted by molar-refractivity contribution is 6.31. The van der Waals surface area contributed by atoms with Crippen LogP contribution in [0.3, 0.4) is 0 Å². The first kappa shape index (κ1) is 13.8. The van der Waals surface area contributed by atoms with E-state index >= 15 is 0 Å². The van der Waals surface area contributed by atoms with Crippen LogP contribution in [0.25, 0.3) is 11.0 Å². The third-order valence-corrected chi connectivity index (χ3v) is 5.37. The maximum atomic E-state index is 13.6. The Kier molecular flexibility index (Phi) is 3.38. The Morgan fingerprint density at radius 3 is 2.48 bits per heavy atom. The van der Waals surface area contributed by atoms with Crippen molar-refractivity contribution < 1.29 is 4.39 Å². The summed E-state index contributed by atoms with van der Waals surface area (Å²) in [6.07, 6.45) is 5.39. The number of hydrogen-bond acceptors (Lipinski definition) is 1. The first-order chi connectivity index (χ1) is 10.2. The van der Waals surface area contributed by atoms with Gasteiger partial charge in [-0.2, -0.15) is 0 Å². The second kappa shape index (κ2) is 5.13. The van der Waals surface area contributed by atoms with E-state index in [1.54, 1.807) is 6.07 Å². The van der Waals surface area contributed by atoms with Crippen LogP contribution in [0.2, 0.25) is 5.02 Å². The number of imidazole rings is 1. The molecule has 0 bridgehead atoms. The molecular formula is C16H17Cl2FN2. The van der Waals surface area contributed by atoms with E-state index in [0.717, 1.165) is 29.7 Å². The van der Waals surface area contributed by atoms with Crippen LogP contribution in [0.5, 0.6) is 0 Å². The van der Waals surface area contributed by atoms with Gasteiger partial charge in [-0.1, -0.05) is 11.6 Å². The van der Waals surface area contributed by atoms with Crippen LogP contribution >= 0.6 is 23.2 Å². The van der Waals surface area contributed by atoms with Gasteiger partial charge in [-0.25, -0.2) is 9.37 Å². The van der Waals surface area contributed by atoms with Crippen LogP contribution in [0.4, 0.5) is 4.39 Å². The van der Waals surface area contributed by atoms with Crippen molar-refractivity contribution in [1.29, 1.82) is 0 Å². The average Bonchev–Trinajstić information content (AvgIpc) is 3.35. The van der Waals surface area contributed by atoms with Crippen LogP contribution in [0, 0.1) is 23.6 Å². The molecule has 0 unspecified atom stereocenters. The van der Waals surface area contributed by atoms with Gasteiger partial charge in [-0.3, -0.25) is 0 Å². The summed E-state index contributed by atoms with van der Waals surface area (Å²) in [6, 6.07) is 3.10. The van der Waals surface area contributed by atoms with Gasteiger partial charge in [-0.15, -0.1) is 11.6 Å². The lowest BCUT2D eigenvalue weighted by Crippen LogP contribution is -2.16. The summed E-state index contributed by atoms with van der Waals surface area (Å²) in [4.78, 5) is 4.48. The molecule has 0 saturated heterocycles. The fourth-order valence-corrected chi connectivity index (χ4v) is 3.78. The van der Waals surface area contributed by atoms with E-state index in [0.29, 0.717) is 17.3 Å². The smallest absolute Gasteiger partial charge is 0.144 e. The molecule has 2 nitrogen and oxygen atoms in total. The molecule has 1 aromatic carbocycles. The van der Waals surface area contributed by atoms with Gasteiger partial charge < -0.3 is 4.57 Å². The van der Waals surface area contributed by atoms with Crippen molar-refractivity contribution in [3.05, 3.63) is 28.8 Å². The minimum atomic E-state index is -0.420. The number of hydrogen-bond donors (Lipinski definition) is 0. The van der Waals surface area contributed by atoms with E-state index in [9.17, 15) is 4.39 Å². The number of fused-ring (bicyclic) bond motifs is 1. The van der Waals surface area contributed by atoms with Gasteiger partial charge in [0, 0.05) is 12.6 Å². The third kappa shape index (κ3) is 2.55. The fourth-order valence-electron chi connectivity index (χ4n) is 3.42. The zero-order chi connectivity index (χ0) is 14.6. The molecule has 0 spiro atoms. The molecule has 2 saturated carbocycles. The van der Waals surface area contributed by atoms with Crippen LogP contribution < -0.4 is 0 Å². The molecule has 2 aliphatic carbocycles. The largest absolute Gasteiger partial charge is 0.327 e. The number of nitrogens with zero attached hydrogens (tertiary/aromatic N) is 2. The Hall–Kier alpha value is -0.800. The Bertz CT molecular complexity index is 677. The molecular weight excluding hydrogens is 310 g/mol. The molecule has 2 aliphatic rings. The maximum Gasteiger partial charge on any atom is 0.144 e. The molecule has 2 fully saturated rings. The van der Waals surface area contributed by atoms with E-state index in [2.05, 4.69) is 9.55 Å². The summed E-state index contributed by atoms with van der Waals surface area (Å²) < 4.78 is 15.8. The zero-order valence-corrected chi connectivity index (χ0v) is 13.2. The van der Waals surface area contributed by atoms with Crippen molar-refractivity contribution in [2.45, 2.75) is 38.1 Å². The normalized spacial score (nSPS) is 18.9.